The number of rotatable bonds is 0. The van der Waals surface area contributed by atoms with Gasteiger partial charge in [-0.2, -0.15) is 0 Å². The van der Waals surface area contributed by atoms with E-state index in [1.165, 1.54) is 0 Å². The van der Waals surface area contributed by atoms with Crippen LogP contribution in [0.3, 0.4) is 0 Å². The predicted molar refractivity (Wildman–Crippen MR) is 31.0 cm³/mol. The van der Waals surface area contributed by atoms with E-state index in [0.717, 1.165) is 18.5 Å². The first kappa shape index (κ1) is 5.41. The second-order valence-electron chi connectivity index (χ2n) is 1.64. The number of ether oxygens (including phenoxy) is 1. The molecule has 0 amide bonds. The molecule has 0 aliphatic carbocycles. The lowest BCUT2D eigenvalue weighted by molar-refractivity contribution is 0.0726. The standard InChI is InChI=1S/C4H9NOS/c1-5-2-6-4-7-3-5/h2-4H2,1H3. The highest BCUT2D eigenvalue weighted by molar-refractivity contribution is 7.99. The van der Waals surface area contributed by atoms with Gasteiger partial charge in [0.15, 0.2) is 0 Å². The summed E-state index contributed by atoms with van der Waals surface area (Å²) >= 11 is 1.81. The van der Waals surface area contributed by atoms with Gasteiger partial charge in [0, 0.05) is 5.88 Å². The maximum absolute atomic E-state index is 5.07. The molecule has 7 heavy (non-hydrogen) atoms. The Morgan fingerprint density at radius 3 is 2.86 bits per heavy atom. The molecule has 0 unspecified atom stereocenters. The van der Waals surface area contributed by atoms with Gasteiger partial charge in [-0.05, 0) is 7.05 Å². The van der Waals surface area contributed by atoms with E-state index in [2.05, 4.69) is 4.90 Å². The zero-order valence-electron chi connectivity index (χ0n) is 4.39. The van der Waals surface area contributed by atoms with Crippen LogP contribution in [-0.4, -0.2) is 30.5 Å². The van der Waals surface area contributed by atoms with Crippen LogP contribution < -0.4 is 0 Å². The Balaban J connectivity index is 2.12. The van der Waals surface area contributed by atoms with Crippen LogP contribution in [0.1, 0.15) is 0 Å². The maximum atomic E-state index is 5.07. The van der Waals surface area contributed by atoms with Crippen molar-refractivity contribution in [1.82, 2.24) is 4.90 Å². The fourth-order valence-electron chi connectivity index (χ4n) is 0.482. The van der Waals surface area contributed by atoms with Gasteiger partial charge in [0.25, 0.3) is 0 Å². The molecule has 0 N–H and O–H groups in total. The molecule has 1 aliphatic heterocycles. The molecule has 1 fully saturated rings. The van der Waals surface area contributed by atoms with Crippen molar-refractivity contribution in [3.05, 3.63) is 0 Å². The highest BCUT2D eigenvalue weighted by Gasteiger charge is 2.02. The van der Waals surface area contributed by atoms with Crippen LogP contribution in [0.4, 0.5) is 0 Å². The Labute approximate surface area is 47.8 Å². The molecule has 3 heteroatoms. The van der Waals surface area contributed by atoms with Gasteiger partial charge in [-0.25, -0.2) is 0 Å². The lowest BCUT2D eigenvalue weighted by Crippen LogP contribution is -2.25. The average Bonchev–Trinajstić information content (AvgIpc) is 1.69. The summed E-state index contributed by atoms with van der Waals surface area (Å²) in [7, 11) is 2.05. The van der Waals surface area contributed by atoms with Gasteiger partial charge < -0.3 is 4.74 Å². The first-order valence-corrected chi connectivity index (χ1v) is 3.39. The predicted octanol–water partition coefficient (Wildman–Crippen LogP) is 0.554. The molecule has 2 nitrogen and oxygen atoms in total. The van der Waals surface area contributed by atoms with Crippen molar-refractivity contribution >= 4 is 11.8 Å². The van der Waals surface area contributed by atoms with Gasteiger partial charge in [0.2, 0.25) is 0 Å². The number of thioether (sulfide) groups is 1. The molecule has 0 atom stereocenters. The monoisotopic (exact) mass is 119 g/mol. The summed E-state index contributed by atoms with van der Waals surface area (Å²) in [5, 5.41) is 0. The molecule has 0 saturated carbocycles. The quantitative estimate of drug-likeness (QED) is 0.462. The van der Waals surface area contributed by atoms with E-state index in [4.69, 9.17) is 4.74 Å². The maximum Gasteiger partial charge on any atom is 0.101 e. The van der Waals surface area contributed by atoms with Crippen molar-refractivity contribution in [2.75, 3.05) is 25.6 Å². The molecule has 1 rings (SSSR count). The summed E-state index contributed by atoms with van der Waals surface area (Å²) in [6.07, 6.45) is 0. The molecule has 0 aromatic carbocycles. The van der Waals surface area contributed by atoms with E-state index in [-0.39, 0.29) is 0 Å². The van der Waals surface area contributed by atoms with Gasteiger partial charge in [0.05, 0.1) is 5.94 Å². The Kier molecular flexibility index (Phi) is 1.97. The van der Waals surface area contributed by atoms with E-state index in [9.17, 15) is 0 Å². The molecule has 0 aromatic rings. The summed E-state index contributed by atoms with van der Waals surface area (Å²) in [5.41, 5.74) is 0. The average molecular weight is 119 g/mol. The zero-order chi connectivity index (χ0) is 5.11. The van der Waals surface area contributed by atoms with Crippen molar-refractivity contribution in [3.63, 3.8) is 0 Å². The molecule has 0 bridgehead atoms. The Morgan fingerprint density at radius 1 is 1.71 bits per heavy atom. The highest BCUT2D eigenvalue weighted by Crippen LogP contribution is 2.07. The van der Waals surface area contributed by atoms with Crippen LogP contribution in [-0.2, 0) is 4.74 Å². The first-order valence-electron chi connectivity index (χ1n) is 2.23. The van der Waals surface area contributed by atoms with Crippen LogP contribution in [0.25, 0.3) is 0 Å². The fourth-order valence-corrected chi connectivity index (χ4v) is 1.14. The number of hydrogen-bond donors (Lipinski definition) is 0. The Bertz CT molecular complexity index is 53.7. The molecule has 0 radical (unpaired) electrons. The number of hydrogen-bond acceptors (Lipinski definition) is 3. The first-order chi connectivity index (χ1) is 3.39. The van der Waals surface area contributed by atoms with E-state index in [1.54, 1.807) is 11.8 Å². The summed E-state index contributed by atoms with van der Waals surface area (Å²) in [6.45, 7) is 0.799. The molecule has 0 spiro atoms. The molecule has 42 valence electrons. The van der Waals surface area contributed by atoms with E-state index in [0.29, 0.717) is 0 Å². The SMILES string of the molecule is CN1COCSC1. The van der Waals surface area contributed by atoms with Gasteiger partial charge in [-0.1, -0.05) is 0 Å². The van der Waals surface area contributed by atoms with Crippen LogP contribution in [0.2, 0.25) is 0 Å². The molecule has 1 saturated heterocycles. The van der Waals surface area contributed by atoms with Crippen molar-refractivity contribution < 1.29 is 4.74 Å². The summed E-state index contributed by atoms with van der Waals surface area (Å²) in [4.78, 5) is 2.13. The minimum atomic E-state index is 0.799. The second kappa shape index (κ2) is 2.55. The van der Waals surface area contributed by atoms with Crippen molar-refractivity contribution in [1.29, 1.82) is 0 Å². The largest absolute Gasteiger partial charge is 0.355 e. The van der Waals surface area contributed by atoms with Crippen molar-refractivity contribution in [3.8, 4) is 0 Å². The Hall–Kier alpha value is 0.270. The summed E-state index contributed by atoms with van der Waals surface area (Å²) in [6, 6.07) is 0. The van der Waals surface area contributed by atoms with Gasteiger partial charge in [-0.3, -0.25) is 4.90 Å². The number of nitrogens with zero attached hydrogens (tertiary/aromatic N) is 1. The molecular formula is C4H9NOS. The minimum Gasteiger partial charge on any atom is -0.355 e. The third kappa shape index (κ3) is 1.67. The van der Waals surface area contributed by atoms with Gasteiger partial charge in [-0.15, -0.1) is 11.8 Å². The van der Waals surface area contributed by atoms with Crippen LogP contribution in [0.15, 0.2) is 0 Å². The third-order valence-electron chi connectivity index (χ3n) is 0.790. The lowest BCUT2D eigenvalue weighted by Gasteiger charge is -2.20. The van der Waals surface area contributed by atoms with Crippen LogP contribution in [0, 0.1) is 0 Å². The smallest absolute Gasteiger partial charge is 0.101 e. The summed E-state index contributed by atoms with van der Waals surface area (Å²) < 4.78 is 5.07. The highest BCUT2D eigenvalue weighted by atomic mass is 32.2. The van der Waals surface area contributed by atoms with E-state index in [1.807, 2.05) is 7.05 Å². The van der Waals surface area contributed by atoms with Gasteiger partial charge >= 0.3 is 0 Å². The summed E-state index contributed by atoms with van der Waals surface area (Å²) in [5.74, 6) is 1.98. The lowest BCUT2D eigenvalue weighted by atomic mass is 10.9. The topological polar surface area (TPSA) is 12.5 Å². The van der Waals surface area contributed by atoms with Crippen molar-refractivity contribution in [2.24, 2.45) is 0 Å². The minimum absolute atomic E-state index is 0.799. The van der Waals surface area contributed by atoms with Crippen LogP contribution in [0.5, 0.6) is 0 Å². The van der Waals surface area contributed by atoms with Gasteiger partial charge in [0.1, 0.15) is 6.73 Å². The van der Waals surface area contributed by atoms with Crippen molar-refractivity contribution in [2.45, 2.75) is 0 Å². The van der Waals surface area contributed by atoms with E-state index < -0.39 is 0 Å². The third-order valence-corrected chi connectivity index (χ3v) is 1.75. The molecular weight excluding hydrogens is 110 g/mol. The molecule has 1 heterocycles. The second-order valence-corrected chi connectivity index (χ2v) is 2.54. The molecule has 1 aliphatic rings. The Morgan fingerprint density at radius 2 is 2.57 bits per heavy atom. The molecule has 0 aromatic heterocycles. The van der Waals surface area contributed by atoms with E-state index >= 15 is 0 Å². The fraction of sp³-hybridized carbons (Fsp3) is 1.00. The zero-order valence-corrected chi connectivity index (χ0v) is 5.20. The normalized spacial score (nSPS) is 25.3. The van der Waals surface area contributed by atoms with Crippen LogP contribution >= 0.6 is 11.8 Å².